The van der Waals surface area contributed by atoms with Crippen LogP contribution in [0.25, 0.3) is 17.0 Å². The Kier molecular flexibility index (Phi) is 9.02. The zero-order chi connectivity index (χ0) is 26.9. The van der Waals surface area contributed by atoms with Crippen LogP contribution in [0.2, 0.25) is 0 Å². The average molecular weight is 616 g/mol. The molecular weight excluding hydrogens is 591 g/mol. The molecule has 3 aromatic carbocycles. The van der Waals surface area contributed by atoms with Crippen LogP contribution in [0.1, 0.15) is 29.2 Å². The van der Waals surface area contributed by atoms with Crippen LogP contribution in [0, 0.1) is 26.2 Å². The Morgan fingerprint density at radius 2 is 1.87 bits per heavy atom. The van der Waals surface area contributed by atoms with Crippen LogP contribution in [0.15, 0.2) is 72.4 Å². The third kappa shape index (κ3) is 6.34. The van der Waals surface area contributed by atoms with E-state index in [9.17, 15) is 15.3 Å². The van der Waals surface area contributed by atoms with Gasteiger partial charge in [-0.3, -0.25) is 4.79 Å². The molecule has 1 aromatic heterocycles. The van der Waals surface area contributed by atoms with Gasteiger partial charge in [0.25, 0.3) is 5.91 Å². The Labute approximate surface area is 234 Å². The number of aromatic nitrogens is 1. The summed E-state index contributed by atoms with van der Waals surface area (Å²) in [6.07, 6.45) is 4.12. The molecule has 38 heavy (non-hydrogen) atoms. The van der Waals surface area contributed by atoms with Crippen molar-refractivity contribution >= 4 is 45.5 Å². The normalized spacial score (nSPS) is 11.0. The number of hydrogen-bond acceptors (Lipinski definition) is 5. The molecule has 2 N–H and O–H groups in total. The summed E-state index contributed by atoms with van der Waals surface area (Å²) in [7, 11) is 0. The Balaban J connectivity index is 1.47. The molecule has 1 heterocycles. The van der Waals surface area contributed by atoms with Gasteiger partial charge in [0.2, 0.25) is 0 Å². The van der Waals surface area contributed by atoms with Gasteiger partial charge < -0.3 is 19.8 Å². The van der Waals surface area contributed by atoms with Crippen LogP contribution >= 0.6 is 22.6 Å². The summed E-state index contributed by atoms with van der Waals surface area (Å²) in [5.74, 6) is 0.602. The monoisotopic (exact) mass is 616 g/mol. The minimum atomic E-state index is -0.436. The summed E-state index contributed by atoms with van der Waals surface area (Å²) in [5, 5.41) is 23.0. The van der Waals surface area contributed by atoms with E-state index in [0.29, 0.717) is 42.2 Å². The Hall–Kier alpha value is -4.28. The second kappa shape index (κ2) is 12.8. The van der Waals surface area contributed by atoms with Gasteiger partial charge in [-0.15, -0.1) is 0 Å². The number of nitrogens with one attached hydrogen (secondary N) is 2. The summed E-state index contributed by atoms with van der Waals surface area (Å²) in [5.41, 5.74) is 4.12. The van der Waals surface area contributed by atoms with E-state index < -0.39 is 5.91 Å². The third-order valence-corrected chi connectivity index (χ3v) is 6.67. The highest BCUT2D eigenvalue weighted by Crippen LogP contribution is 2.35. The van der Waals surface area contributed by atoms with E-state index >= 15 is 0 Å². The molecule has 0 radical (unpaired) electrons. The van der Waals surface area contributed by atoms with Gasteiger partial charge in [0.1, 0.15) is 18.2 Å². The van der Waals surface area contributed by atoms with Crippen LogP contribution in [-0.4, -0.2) is 24.0 Å². The van der Waals surface area contributed by atoms with Gasteiger partial charge in [0.05, 0.1) is 21.8 Å². The predicted molar refractivity (Wildman–Crippen MR) is 154 cm³/mol. The quantitative estimate of drug-likeness (QED) is 0.131. The standard InChI is InChI=1S/C30H25IN4O3/c1-2-37-28-15-20(14-26(31)29(28)38-19-23-8-4-3-7-21(23)16-32)13-24(17-33)30(36)34-12-11-22-18-35-27-10-6-5-9-25(22)27/h3-10,13-15,18,35H,2,11-12,19H2,1H3,(H,34,36)/b24-13-. The molecule has 0 aliphatic heterocycles. The van der Waals surface area contributed by atoms with Crippen molar-refractivity contribution in [1.29, 1.82) is 10.5 Å². The zero-order valence-corrected chi connectivity index (χ0v) is 22.9. The molecule has 0 unspecified atom stereocenters. The van der Waals surface area contributed by atoms with Crippen LogP contribution in [0.5, 0.6) is 11.5 Å². The second-order valence-electron chi connectivity index (χ2n) is 8.36. The molecule has 0 saturated heterocycles. The van der Waals surface area contributed by atoms with Gasteiger partial charge in [0, 0.05) is 29.2 Å². The summed E-state index contributed by atoms with van der Waals surface area (Å²) >= 11 is 2.14. The van der Waals surface area contributed by atoms with Crippen LogP contribution in [0.3, 0.4) is 0 Å². The fourth-order valence-electron chi connectivity index (χ4n) is 4.04. The van der Waals surface area contributed by atoms with Gasteiger partial charge in [-0.05, 0) is 77.4 Å². The summed E-state index contributed by atoms with van der Waals surface area (Å²) in [4.78, 5) is 16.0. The maximum absolute atomic E-state index is 12.8. The summed E-state index contributed by atoms with van der Waals surface area (Å²) < 4.78 is 12.6. The zero-order valence-electron chi connectivity index (χ0n) is 20.8. The molecule has 0 spiro atoms. The Morgan fingerprint density at radius 3 is 2.66 bits per heavy atom. The maximum Gasteiger partial charge on any atom is 0.261 e. The molecule has 0 saturated carbocycles. The Morgan fingerprint density at radius 1 is 1.08 bits per heavy atom. The largest absolute Gasteiger partial charge is 0.490 e. The molecule has 0 fully saturated rings. The predicted octanol–water partition coefficient (Wildman–Crippen LogP) is 5.89. The lowest BCUT2D eigenvalue weighted by Crippen LogP contribution is -2.26. The van der Waals surface area contributed by atoms with E-state index in [4.69, 9.17) is 9.47 Å². The number of nitriles is 2. The fourth-order valence-corrected chi connectivity index (χ4v) is 4.82. The first-order valence-corrected chi connectivity index (χ1v) is 13.1. The number of halogens is 1. The number of H-pyrrole nitrogens is 1. The number of aromatic amines is 1. The van der Waals surface area contributed by atoms with Crippen molar-refractivity contribution in [2.45, 2.75) is 20.0 Å². The SMILES string of the molecule is CCOc1cc(/C=C(/C#N)C(=O)NCCc2c[nH]c3ccccc23)cc(I)c1OCc1ccccc1C#N. The van der Waals surface area contributed by atoms with Crippen molar-refractivity contribution in [3.8, 4) is 23.6 Å². The highest BCUT2D eigenvalue weighted by atomic mass is 127. The number of benzene rings is 3. The average Bonchev–Trinajstić information content (AvgIpc) is 3.34. The number of amides is 1. The number of carbonyl (C=O) groups is 1. The molecule has 190 valence electrons. The smallest absolute Gasteiger partial charge is 0.261 e. The summed E-state index contributed by atoms with van der Waals surface area (Å²) in [6.45, 7) is 2.88. The van der Waals surface area contributed by atoms with E-state index in [1.807, 2.05) is 67.7 Å². The molecule has 0 aliphatic rings. The lowest BCUT2D eigenvalue weighted by molar-refractivity contribution is -0.117. The minimum absolute atomic E-state index is 0.00112. The van der Waals surface area contributed by atoms with E-state index in [2.05, 4.69) is 39.0 Å². The van der Waals surface area contributed by atoms with Gasteiger partial charge in [-0.2, -0.15) is 10.5 Å². The van der Waals surface area contributed by atoms with Crippen molar-refractivity contribution in [3.63, 3.8) is 0 Å². The van der Waals surface area contributed by atoms with E-state index in [1.54, 1.807) is 18.2 Å². The lowest BCUT2D eigenvalue weighted by atomic mass is 10.1. The van der Waals surface area contributed by atoms with Crippen LogP contribution in [-0.2, 0) is 17.8 Å². The Bertz CT molecular complexity index is 1580. The topological polar surface area (TPSA) is 111 Å². The van der Waals surface area contributed by atoms with E-state index in [0.717, 1.165) is 25.6 Å². The molecule has 0 bridgehead atoms. The fraction of sp³-hybridized carbons (Fsp3) is 0.167. The number of para-hydroxylation sites is 1. The first-order valence-electron chi connectivity index (χ1n) is 12.1. The summed E-state index contributed by atoms with van der Waals surface area (Å²) in [6, 6.07) is 23.0. The highest BCUT2D eigenvalue weighted by Gasteiger charge is 2.15. The van der Waals surface area contributed by atoms with Crippen molar-refractivity contribution in [2.24, 2.45) is 0 Å². The molecule has 4 rings (SSSR count). The minimum Gasteiger partial charge on any atom is -0.490 e. The molecule has 0 atom stereocenters. The molecule has 1 amide bonds. The van der Waals surface area contributed by atoms with E-state index in [-0.39, 0.29) is 12.2 Å². The van der Waals surface area contributed by atoms with Crippen LogP contribution in [0.4, 0.5) is 0 Å². The molecule has 8 heteroatoms. The number of ether oxygens (including phenoxy) is 2. The van der Waals surface area contributed by atoms with Crippen molar-refractivity contribution < 1.29 is 14.3 Å². The maximum atomic E-state index is 12.8. The van der Waals surface area contributed by atoms with Crippen molar-refractivity contribution in [2.75, 3.05) is 13.2 Å². The molecular formula is C30H25IN4O3. The number of nitrogens with zero attached hydrogens (tertiary/aromatic N) is 2. The highest BCUT2D eigenvalue weighted by molar-refractivity contribution is 14.1. The first kappa shape index (κ1) is 26.8. The van der Waals surface area contributed by atoms with E-state index in [1.165, 1.54) is 0 Å². The lowest BCUT2D eigenvalue weighted by Gasteiger charge is -2.15. The molecule has 0 aliphatic carbocycles. The number of rotatable bonds is 10. The number of carbonyl (C=O) groups excluding carboxylic acids is 1. The molecule has 7 nitrogen and oxygen atoms in total. The number of fused-ring (bicyclic) bond motifs is 1. The van der Waals surface area contributed by atoms with Gasteiger partial charge in [0.15, 0.2) is 11.5 Å². The first-order chi connectivity index (χ1) is 18.5. The second-order valence-corrected chi connectivity index (χ2v) is 9.52. The van der Waals surface area contributed by atoms with Crippen molar-refractivity contribution in [3.05, 3.63) is 98.3 Å². The van der Waals surface area contributed by atoms with Crippen molar-refractivity contribution in [1.82, 2.24) is 10.3 Å². The molecule has 4 aromatic rings. The third-order valence-electron chi connectivity index (χ3n) is 5.87. The number of hydrogen-bond donors (Lipinski definition) is 2. The van der Waals surface area contributed by atoms with Gasteiger partial charge in [-0.25, -0.2) is 0 Å². The van der Waals surface area contributed by atoms with Gasteiger partial charge >= 0.3 is 0 Å². The van der Waals surface area contributed by atoms with Crippen LogP contribution < -0.4 is 14.8 Å². The van der Waals surface area contributed by atoms with Gasteiger partial charge in [-0.1, -0.05) is 36.4 Å².